The number of hydrogen-bond acceptors (Lipinski definition) is 6. The zero-order chi connectivity index (χ0) is 19.1. The predicted octanol–water partition coefficient (Wildman–Crippen LogP) is 2.50. The summed E-state index contributed by atoms with van der Waals surface area (Å²) in [5.41, 5.74) is 7.31. The second kappa shape index (κ2) is 9.25. The quantitative estimate of drug-likeness (QED) is 0.784. The summed E-state index contributed by atoms with van der Waals surface area (Å²) in [4.78, 5) is 15.7. The minimum absolute atomic E-state index is 0.346. The maximum atomic E-state index is 5.80. The van der Waals surface area contributed by atoms with Gasteiger partial charge < -0.3 is 15.1 Å². The molecule has 2 aromatic rings. The molecule has 1 fully saturated rings. The molecule has 7 heteroatoms. The Bertz CT molecular complexity index is 803. The standard InChI is InChI=1S/C20H26N6O/c1-15-13-19(25-24-15)22-18-14-20(27-12-11-26(2)3)23-17(21-18)10-9-16-7-5-4-6-8-16/h4-10,14-15,24H,11-13H2,1-3H3,(H,21,22,23,25)/b10-9+. The van der Waals surface area contributed by atoms with Crippen molar-refractivity contribution in [2.45, 2.75) is 19.4 Å². The van der Waals surface area contributed by atoms with Gasteiger partial charge >= 0.3 is 0 Å². The van der Waals surface area contributed by atoms with E-state index in [0.29, 0.717) is 30.2 Å². The lowest BCUT2D eigenvalue weighted by atomic mass is 10.2. The predicted molar refractivity (Wildman–Crippen MR) is 109 cm³/mol. The van der Waals surface area contributed by atoms with Crippen molar-refractivity contribution < 1.29 is 4.74 Å². The molecule has 1 aliphatic heterocycles. The molecule has 1 atom stereocenters. The van der Waals surface area contributed by atoms with Crippen molar-refractivity contribution in [1.29, 1.82) is 0 Å². The lowest BCUT2D eigenvalue weighted by molar-refractivity contribution is 0.253. The lowest BCUT2D eigenvalue weighted by Crippen LogP contribution is -2.29. The van der Waals surface area contributed by atoms with Gasteiger partial charge in [0.1, 0.15) is 12.4 Å². The Kier molecular flexibility index (Phi) is 6.51. The molecule has 0 radical (unpaired) electrons. The van der Waals surface area contributed by atoms with E-state index in [1.54, 1.807) is 6.07 Å². The van der Waals surface area contributed by atoms with Crippen LogP contribution in [0.5, 0.6) is 5.88 Å². The number of nitrogens with one attached hydrogen (secondary N) is 2. The number of hydrazine groups is 1. The number of aromatic nitrogens is 2. The number of aliphatic imine (C=N–C) groups is 1. The molecule has 0 amide bonds. The zero-order valence-electron chi connectivity index (χ0n) is 16.0. The fraction of sp³-hybridized carbons (Fsp3) is 0.350. The van der Waals surface area contributed by atoms with Crippen molar-refractivity contribution >= 4 is 23.8 Å². The highest BCUT2D eigenvalue weighted by atomic mass is 16.5. The molecule has 2 N–H and O–H groups in total. The van der Waals surface area contributed by atoms with Crippen LogP contribution in [0, 0.1) is 0 Å². The Morgan fingerprint density at radius 2 is 2.04 bits per heavy atom. The molecule has 1 aromatic heterocycles. The number of rotatable bonds is 7. The first-order valence-electron chi connectivity index (χ1n) is 9.07. The van der Waals surface area contributed by atoms with Gasteiger partial charge in [0.2, 0.25) is 5.88 Å². The van der Waals surface area contributed by atoms with Crippen LogP contribution in [0.1, 0.15) is 24.7 Å². The van der Waals surface area contributed by atoms with Gasteiger partial charge in [-0.25, -0.2) is 15.4 Å². The summed E-state index contributed by atoms with van der Waals surface area (Å²) >= 11 is 0. The number of likely N-dealkylation sites (N-methyl/N-ethyl adjacent to an activating group) is 1. The van der Waals surface area contributed by atoms with Crippen LogP contribution in [-0.2, 0) is 0 Å². The van der Waals surface area contributed by atoms with Gasteiger partial charge in [0.15, 0.2) is 11.6 Å². The van der Waals surface area contributed by atoms with Gasteiger partial charge in [0.25, 0.3) is 0 Å². The fourth-order valence-electron chi connectivity index (χ4n) is 2.51. The largest absolute Gasteiger partial charge is 0.476 e. The highest BCUT2D eigenvalue weighted by Crippen LogP contribution is 2.19. The van der Waals surface area contributed by atoms with E-state index >= 15 is 0 Å². The van der Waals surface area contributed by atoms with Crippen molar-refractivity contribution in [2.24, 2.45) is 4.99 Å². The first-order chi connectivity index (χ1) is 13.1. The highest BCUT2D eigenvalue weighted by Gasteiger charge is 2.15. The number of amidine groups is 1. The van der Waals surface area contributed by atoms with Gasteiger partial charge in [0.05, 0.1) is 0 Å². The van der Waals surface area contributed by atoms with Crippen LogP contribution in [0.4, 0.5) is 5.82 Å². The van der Waals surface area contributed by atoms with E-state index in [-0.39, 0.29) is 0 Å². The molecular weight excluding hydrogens is 340 g/mol. The summed E-state index contributed by atoms with van der Waals surface area (Å²) in [6.07, 6.45) is 4.68. The van der Waals surface area contributed by atoms with Crippen LogP contribution in [-0.4, -0.2) is 54.0 Å². The van der Waals surface area contributed by atoms with Crippen LogP contribution in [0.3, 0.4) is 0 Å². The molecule has 2 heterocycles. The summed E-state index contributed by atoms with van der Waals surface area (Å²) in [6.45, 7) is 3.46. The Labute approximate surface area is 160 Å². The second-order valence-electron chi connectivity index (χ2n) is 6.75. The van der Waals surface area contributed by atoms with E-state index in [0.717, 1.165) is 24.4 Å². The highest BCUT2D eigenvalue weighted by molar-refractivity contribution is 5.86. The number of benzene rings is 1. The van der Waals surface area contributed by atoms with Crippen LogP contribution in [0.25, 0.3) is 12.2 Å². The summed E-state index contributed by atoms with van der Waals surface area (Å²) in [5, 5.41) is 0. The molecule has 0 saturated carbocycles. The van der Waals surface area contributed by atoms with Gasteiger partial charge in [-0.2, -0.15) is 4.98 Å². The molecule has 0 aliphatic carbocycles. The second-order valence-corrected chi connectivity index (χ2v) is 6.75. The Morgan fingerprint density at radius 3 is 2.74 bits per heavy atom. The molecule has 1 unspecified atom stereocenters. The SMILES string of the molecule is CC1C/C(=N\c2cc(OCCN(C)C)nc(/C=C/c3ccccc3)n2)NN1. The van der Waals surface area contributed by atoms with Crippen molar-refractivity contribution in [3.63, 3.8) is 0 Å². The molecule has 1 aromatic carbocycles. The van der Waals surface area contributed by atoms with Crippen LogP contribution < -0.4 is 15.6 Å². The maximum absolute atomic E-state index is 5.80. The van der Waals surface area contributed by atoms with Gasteiger partial charge in [-0.1, -0.05) is 36.4 Å². The first kappa shape index (κ1) is 19.0. The van der Waals surface area contributed by atoms with Crippen molar-refractivity contribution in [2.75, 3.05) is 27.2 Å². The molecule has 1 saturated heterocycles. The first-order valence-corrected chi connectivity index (χ1v) is 9.07. The fourth-order valence-corrected chi connectivity index (χ4v) is 2.51. The average Bonchev–Trinajstić information content (AvgIpc) is 3.05. The lowest BCUT2D eigenvalue weighted by Gasteiger charge is -2.11. The van der Waals surface area contributed by atoms with E-state index in [9.17, 15) is 0 Å². The summed E-state index contributed by atoms with van der Waals surface area (Å²) < 4.78 is 5.80. The minimum Gasteiger partial charge on any atom is -0.476 e. The van der Waals surface area contributed by atoms with Crippen molar-refractivity contribution in [1.82, 2.24) is 25.7 Å². The third-order valence-electron chi connectivity index (χ3n) is 3.93. The Hall–Kier alpha value is -2.77. The third kappa shape index (κ3) is 6.16. The van der Waals surface area contributed by atoms with E-state index in [2.05, 4.69) is 37.6 Å². The van der Waals surface area contributed by atoms with Gasteiger partial charge in [0, 0.05) is 25.1 Å². The van der Waals surface area contributed by atoms with E-state index in [1.807, 2.05) is 56.6 Å². The number of nitrogens with zero attached hydrogens (tertiary/aromatic N) is 4. The Morgan fingerprint density at radius 1 is 1.22 bits per heavy atom. The normalized spacial score (nSPS) is 18.4. The molecule has 1 aliphatic rings. The van der Waals surface area contributed by atoms with Crippen LogP contribution >= 0.6 is 0 Å². The molecule has 0 spiro atoms. The average molecular weight is 366 g/mol. The molecule has 3 rings (SSSR count). The summed E-state index contributed by atoms with van der Waals surface area (Å²) in [7, 11) is 4.02. The molecule has 0 bridgehead atoms. The van der Waals surface area contributed by atoms with Crippen molar-refractivity contribution in [3.8, 4) is 5.88 Å². The van der Waals surface area contributed by atoms with Crippen molar-refractivity contribution in [3.05, 3.63) is 47.8 Å². The number of ether oxygens (including phenoxy) is 1. The number of hydrogen-bond donors (Lipinski definition) is 2. The van der Waals surface area contributed by atoms with Gasteiger partial charge in [-0.05, 0) is 32.7 Å². The van der Waals surface area contributed by atoms with Gasteiger partial charge in [-0.15, -0.1) is 0 Å². The smallest absolute Gasteiger partial charge is 0.219 e. The Balaban J connectivity index is 1.82. The van der Waals surface area contributed by atoms with E-state index in [4.69, 9.17) is 4.74 Å². The zero-order valence-corrected chi connectivity index (χ0v) is 16.0. The topological polar surface area (TPSA) is 74.7 Å². The summed E-state index contributed by atoms with van der Waals surface area (Å²) in [6, 6.07) is 12.2. The monoisotopic (exact) mass is 366 g/mol. The van der Waals surface area contributed by atoms with Crippen LogP contribution in [0.2, 0.25) is 0 Å². The maximum Gasteiger partial charge on any atom is 0.219 e. The van der Waals surface area contributed by atoms with E-state index < -0.39 is 0 Å². The molecule has 7 nitrogen and oxygen atoms in total. The molecule has 142 valence electrons. The molecular formula is C20H26N6O. The summed E-state index contributed by atoms with van der Waals surface area (Å²) in [5.74, 6) is 2.53. The third-order valence-corrected chi connectivity index (χ3v) is 3.93. The van der Waals surface area contributed by atoms with E-state index in [1.165, 1.54) is 0 Å². The van der Waals surface area contributed by atoms with Gasteiger partial charge in [-0.3, -0.25) is 0 Å². The minimum atomic E-state index is 0.346. The molecule has 27 heavy (non-hydrogen) atoms. The van der Waals surface area contributed by atoms with Crippen LogP contribution in [0.15, 0.2) is 41.4 Å².